The lowest BCUT2D eigenvalue weighted by Crippen LogP contribution is -1.96. The Morgan fingerprint density at radius 1 is 2.00 bits per heavy atom. The Morgan fingerprint density at radius 2 is 2.67 bits per heavy atom. The highest BCUT2D eigenvalue weighted by Crippen LogP contribution is 2.12. The fourth-order valence-corrected chi connectivity index (χ4v) is 1.70. The molecule has 48 valence electrons. The predicted octanol–water partition coefficient (Wildman–Crippen LogP) is 0.195. The highest BCUT2D eigenvalue weighted by atomic mass is 32.8. The molecule has 0 amide bonds. The molecule has 1 atom stereocenters. The molecule has 1 rings (SSSR count). The van der Waals surface area contributed by atoms with Crippen molar-refractivity contribution in [1.29, 1.82) is 0 Å². The van der Waals surface area contributed by atoms with E-state index < -0.39 is 8.77 Å². The zero-order valence-corrected chi connectivity index (χ0v) is 6.13. The van der Waals surface area contributed by atoms with E-state index in [0.717, 1.165) is 0 Å². The van der Waals surface area contributed by atoms with Crippen molar-refractivity contribution in [2.24, 2.45) is 0 Å². The van der Waals surface area contributed by atoms with Crippen LogP contribution in [0.15, 0.2) is 11.8 Å². The normalized spacial score (nSPS) is 32.6. The molecule has 1 aliphatic rings. The van der Waals surface area contributed by atoms with Gasteiger partial charge < -0.3 is 4.18 Å². The number of hydrogen-bond acceptors (Lipinski definition) is 3. The molecule has 1 heterocycles. The molecule has 0 fully saturated rings. The standard InChI is InChI=1S/C5H4O2S2/c1-2-5-3-4-9(6,8)7-5/h1,3H,4H2. The van der Waals surface area contributed by atoms with Gasteiger partial charge in [-0.05, 0) is 12.0 Å². The van der Waals surface area contributed by atoms with Crippen molar-refractivity contribution < 1.29 is 8.39 Å². The summed E-state index contributed by atoms with van der Waals surface area (Å²) in [6, 6.07) is 0. The van der Waals surface area contributed by atoms with Gasteiger partial charge in [0.2, 0.25) is 0 Å². The Morgan fingerprint density at radius 3 is 2.89 bits per heavy atom. The number of rotatable bonds is 0. The van der Waals surface area contributed by atoms with Crippen LogP contribution in [0.5, 0.6) is 0 Å². The average Bonchev–Trinajstić information content (AvgIpc) is 2.10. The van der Waals surface area contributed by atoms with Gasteiger partial charge in [0.1, 0.15) is 0 Å². The van der Waals surface area contributed by atoms with E-state index in [1.807, 2.05) is 0 Å². The Balaban J connectivity index is 2.87. The van der Waals surface area contributed by atoms with Crippen LogP contribution < -0.4 is 0 Å². The van der Waals surface area contributed by atoms with E-state index in [9.17, 15) is 4.21 Å². The van der Waals surface area contributed by atoms with Crippen LogP contribution >= 0.6 is 0 Å². The molecule has 0 saturated heterocycles. The van der Waals surface area contributed by atoms with Crippen molar-refractivity contribution in [3.8, 4) is 12.3 Å². The Kier molecular flexibility index (Phi) is 1.47. The molecule has 4 heteroatoms. The minimum atomic E-state index is -2.51. The molecule has 0 saturated carbocycles. The quantitative estimate of drug-likeness (QED) is 0.473. The van der Waals surface area contributed by atoms with E-state index in [-0.39, 0.29) is 5.75 Å². The van der Waals surface area contributed by atoms with Crippen LogP contribution in [0.2, 0.25) is 0 Å². The van der Waals surface area contributed by atoms with Crippen LogP contribution in [0.4, 0.5) is 0 Å². The SMILES string of the molecule is C#CC1=CCS(=O)(=S)O1. The molecule has 2 nitrogen and oxygen atoms in total. The van der Waals surface area contributed by atoms with E-state index in [4.69, 9.17) is 6.42 Å². The maximum atomic E-state index is 10.8. The molecule has 0 aromatic heterocycles. The average molecular weight is 160 g/mol. The molecule has 0 aromatic rings. The fourth-order valence-electron chi connectivity index (χ4n) is 0.466. The van der Waals surface area contributed by atoms with E-state index in [0.29, 0.717) is 5.76 Å². The number of hydrogen-bond donors (Lipinski definition) is 0. The van der Waals surface area contributed by atoms with Crippen molar-refractivity contribution >= 4 is 20.0 Å². The van der Waals surface area contributed by atoms with Gasteiger partial charge >= 0.3 is 0 Å². The zero-order chi connectivity index (χ0) is 6.91. The summed E-state index contributed by atoms with van der Waals surface area (Å²) in [4.78, 5) is 0. The molecule has 0 bridgehead atoms. The summed E-state index contributed by atoms with van der Waals surface area (Å²) in [5.41, 5.74) is 0. The summed E-state index contributed by atoms with van der Waals surface area (Å²) in [6.07, 6.45) is 6.50. The minimum Gasteiger partial charge on any atom is -0.391 e. The highest BCUT2D eigenvalue weighted by Gasteiger charge is 2.14. The van der Waals surface area contributed by atoms with Gasteiger partial charge in [-0.1, -0.05) is 0 Å². The molecule has 1 unspecified atom stereocenters. The third-order valence-electron chi connectivity index (χ3n) is 0.832. The second-order valence-corrected chi connectivity index (χ2v) is 4.66. The van der Waals surface area contributed by atoms with Crippen molar-refractivity contribution in [3.63, 3.8) is 0 Å². The zero-order valence-electron chi connectivity index (χ0n) is 4.49. The van der Waals surface area contributed by atoms with Gasteiger partial charge in [-0.15, -0.1) is 6.42 Å². The monoisotopic (exact) mass is 160 g/mol. The molecule has 9 heavy (non-hydrogen) atoms. The van der Waals surface area contributed by atoms with Crippen molar-refractivity contribution in [1.82, 2.24) is 0 Å². The molecule has 0 aromatic carbocycles. The van der Waals surface area contributed by atoms with E-state index in [1.165, 1.54) is 0 Å². The van der Waals surface area contributed by atoms with Gasteiger partial charge in [0.25, 0.3) is 0 Å². The summed E-state index contributed by atoms with van der Waals surface area (Å²) >= 11 is 4.51. The predicted molar refractivity (Wildman–Crippen MR) is 38.4 cm³/mol. The van der Waals surface area contributed by atoms with Gasteiger partial charge in [-0.25, -0.2) is 4.21 Å². The lowest BCUT2D eigenvalue weighted by atomic mass is 10.5. The van der Waals surface area contributed by atoms with Gasteiger partial charge in [0.05, 0.1) is 5.75 Å². The second kappa shape index (κ2) is 2.01. The van der Waals surface area contributed by atoms with Crippen molar-refractivity contribution in [2.45, 2.75) is 0 Å². The molecule has 0 N–H and O–H groups in total. The maximum absolute atomic E-state index is 10.8. The Labute approximate surface area is 58.8 Å². The number of allylic oxidation sites excluding steroid dienone is 1. The van der Waals surface area contributed by atoms with E-state index in [1.54, 1.807) is 6.08 Å². The van der Waals surface area contributed by atoms with Crippen LogP contribution in [-0.2, 0) is 24.1 Å². The molecule has 0 radical (unpaired) electrons. The van der Waals surface area contributed by atoms with E-state index >= 15 is 0 Å². The van der Waals surface area contributed by atoms with Gasteiger partial charge in [0, 0.05) is 11.2 Å². The Bertz CT molecular complexity index is 279. The van der Waals surface area contributed by atoms with Crippen LogP contribution in [0, 0.1) is 12.3 Å². The molecular weight excluding hydrogens is 156 g/mol. The van der Waals surface area contributed by atoms with Crippen LogP contribution in [0.25, 0.3) is 0 Å². The minimum absolute atomic E-state index is 0.266. The summed E-state index contributed by atoms with van der Waals surface area (Å²) in [5.74, 6) is 2.78. The maximum Gasteiger partial charge on any atom is 0.190 e. The lowest BCUT2D eigenvalue weighted by Gasteiger charge is -1.94. The first-order chi connectivity index (χ1) is 4.14. The van der Waals surface area contributed by atoms with Crippen LogP contribution in [-0.4, -0.2) is 9.96 Å². The first kappa shape index (κ1) is 6.59. The molecule has 0 spiro atoms. The van der Waals surface area contributed by atoms with Crippen LogP contribution in [0.1, 0.15) is 0 Å². The van der Waals surface area contributed by atoms with Crippen molar-refractivity contribution in [2.75, 3.05) is 5.75 Å². The second-order valence-electron chi connectivity index (χ2n) is 1.52. The summed E-state index contributed by atoms with van der Waals surface area (Å²) in [6.45, 7) is 0. The smallest absolute Gasteiger partial charge is 0.190 e. The molecule has 0 aliphatic carbocycles. The highest BCUT2D eigenvalue weighted by molar-refractivity contribution is 8.30. The topological polar surface area (TPSA) is 26.3 Å². The van der Waals surface area contributed by atoms with E-state index in [2.05, 4.69) is 21.3 Å². The number of terminal acetylenes is 1. The van der Waals surface area contributed by atoms with Crippen LogP contribution in [0.3, 0.4) is 0 Å². The summed E-state index contributed by atoms with van der Waals surface area (Å²) in [7, 11) is -2.51. The van der Waals surface area contributed by atoms with Crippen molar-refractivity contribution in [3.05, 3.63) is 11.8 Å². The fraction of sp³-hybridized carbons (Fsp3) is 0.200. The molecular formula is C5H4O2S2. The largest absolute Gasteiger partial charge is 0.391 e. The summed E-state index contributed by atoms with van der Waals surface area (Å²) < 4.78 is 15.5. The Hall–Kier alpha value is -0.530. The van der Waals surface area contributed by atoms with Gasteiger partial charge in [-0.2, -0.15) is 0 Å². The third kappa shape index (κ3) is 1.44. The first-order valence-electron chi connectivity index (χ1n) is 2.23. The third-order valence-corrected chi connectivity index (χ3v) is 2.45. The van der Waals surface area contributed by atoms with Gasteiger partial charge in [-0.3, -0.25) is 0 Å². The summed E-state index contributed by atoms with van der Waals surface area (Å²) in [5, 5.41) is 0. The van der Waals surface area contributed by atoms with Gasteiger partial charge in [0.15, 0.2) is 14.5 Å². The molecule has 1 aliphatic heterocycles. The lowest BCUT2D eigenvalue weighted by molar-refractivity contribution is 0.491. The first-order valence-corrected chi connectivity index (χ1v) is 4.81.